The topological polar surface area (TPSA) is 40.5 Å². The lowest BCUT2D eigenvalue weighted by molar-refractivity contribution is -0.0956. The standard InChI is InChI=1S/C16H21NO2S/c1-10-2-5-13-11(6-10)7-14(20-13)15(18)17-8-16(19,9-17)12-3-4-12/h7,10,12,19H,2-6,8-9H2,1H3. The van der Waals surface area contributed by atoms with Crippen LogP contribution in [0.1, 0.15) is 46.3 Å². The second-order valence-corrected chi connectivity index (χ2v) is 8.08. The third-order valence-corrected chi connectivity index (χ3v) is 6.32. The monoisotopic (exact) mass is 291 g/mol. The number of nitrogens with zero attached hydrogens (tertiary/aromatic N) is 1. The molecule has 0 bridgehead atoms. The first-order valence-corrected chi connectivity index (χ1v) is 8.50. The van der Waals surface area contributed by atoms with Gasteiger partial charge in [0.25, 0.3) is 5.91 Å². The normalized spacial score (nSPS) is 27.9. The largest absolute Gasteiger partial charge is 0.386 e. The van der Waals surface area contributed by atoms with E-state index in [-0.39, 0.29) is 5.91 Å². The van der Waals surface area contributed by atoms with Gasteiger partial charge in [-0.3, -0.25) is 4.79 Å². The van der Waals surface area contributed by atoms with E-state index in [2.05, 4.69) is 13.0 Å². The number of β-amino-alcohol motifs (C(OH)–C–C–N with tert-alkyl or cyclic N) is 1. The Labute approximate surface area is 123 Å². The average Bonchev–Trinajstić information content (AvgIpc) is 3.15. The van der Waals surface area contributed by atoms with Gasteiger partial charge in [0.2, 0.25) is 0 Å². The first-order valence-electron chi connectivity index (χ1n) is 7.68. The van der Waals surface area contributed by atoms with Gasteiger partial charge in [0.15, 0.2) is 0 Å². The van der Waals surface area contributed by atoms with Gasteiger partial charge in [0.1, 0.15) is 5.60 Å². The lowest BCUT2D eigenvalue weighted by Crippen LogP contribution is -2.64. The van der Waals surface area contributed by atoms with Crippen molar-refractivity contribution in [1.82, 2.24) is 4.90 Å². The quantitative estimate of drug-likeness (QED) is 0.909. The Balaban J connectivity index is 1.47. The van der Waals surface area contributed by atoms with Gasteiger partial charge in [0.05, 0.1) is 18.0 Å². The molecule has 3 nitrogen and oxygen atoms in total. The number of hydrogen-bond acceptors (Lipinski definition) is 3. The maximum Gasteiger partial charge on any atom is 0.264 e. The molecule has 2 aliphatic carbocycles. The molecule has 0 aromatic carbocycles. The lowest BCUT2D eigenvalue weighted by Gasteiger charge is -2.46. The summed E-state index contributed by atoms with van der Waals surface area (Å²) in [6.45, 7) is 3.36. The van der Waals surface area contributed by atoms with Crippen LogP contribution in [0.5, 0.6) is 0 Å². The molecule has 1 N–H and O–H groups in total. The minimum atomic E-state index is -0.568. The summed E-state index contributed by atoms with van der Waals surface area (Å²) < 4.78 is 0. The van der Waals surface area contributed by atoms with Crippen LogP contribution in [0.4, 0.5) is 0 Å². The first-order chi connectivity index (χ1) is 9.55. The van der Waals surface area contributed by atoms with Gasteiger partial charge in [-0.2, -0.15) is 0 Å². The summed E-state index contributed by atoms with van der Waals surface area (Å²) in [7, 11) is 0. The van der Waals surface area contributed by atoms with Crippen molar-refractivity contribution in [3.05, 3.63) is 21.4 Å². The molecule has 1 saturated carbocycles. The Morgan fingerprint density at radius 2 is 2.15 bits per heavy atom. The molecule has 4 rings (SSSR count). The van der Waals surface area contributed by atoms with E-state index in [1.165, 1.54) is 16.9 Å². The van der Waals surface area contributed by atoms with Crippen LogP contribution in [0, 0.1) is 11.8 Å². The van der Waals surface area contributed by atoms with Gasteiger partial charge in [0, 0.05) is 4.88 Å². The van der Waals surface area contributed by atoms with E-state index in [1.54, 1.807) is 11.3 Å². The molecular weight excluding hydrogens is 270 g/mol. The molecular formula is C16H21NO2S. The average molecular weight is 291 g/mol. The molecule has 0 spiro atoms. The number of carbonyl (C=O) groups is 1. The Hall–Kier alpha value is -0.870. The summed E-state index contributed by atoms with van der Waals surface area (Å²) in [5.74, 6) is 1.32. The number of thiophene rings is 1. The van der Waals surface area contributed by atoms with E-state index in [0.29, 0.717) is 19.0 Å². The fraction of sp³-hybridized carbons (Fsp3) is 0.688. The van der Waals surface area contributed by atoms with Crippen LogP contribution in [0.2, 0.25) is 0 Å². The van der Waals surface area contributed by atoms with Crippen LogP contribution < -0.4 is 0 Å². The molecule has 1 atom stereocenters. The van der Waals surface area contributed by atoms with Gasteiger partial charge >= 0.3 is 0 Å². The Morgan fingerprint density at radius 3 is 2.85 bits per heavy atom. The molecule has 4 heteroatoms. The van der Waals surface area contributed by atoms with Crippen LogP contribution in [0.25, 0.3) is 0 Å². The van der Waals surface area contributed by atoms with Gasteiger partial charge < -0.3 is 10.0 Å². The van der Waals surface area contributed by atoms with Crippen molar-refractivity contribution >= 4 is 17.2 Å². The SMILES string of the molecule is CC1CCc2sc(C(=O)N3CC(O)(C4CC4)C3)cc2C1. The molecule has 1 aromatic heterocycles. The van der Waals surface area contributed by atoms with Crippen LogP contribution in [-0.4, -0.2) is 34.6 Å². The van der Waals surface area contributed by atoms with Gasteiger partial charge in [-0.1, -0.05) is 6.92 Å². The zero-order chi connectivity index (χ0) is 13.9. The highest BCUT2D eigenvalue weighted by Crippen LogP contribution is 2.45. The maximum absolute atomic E-state index is 12.5. The molecule has 1 saturated heterocycles. The molecule has 1 amide bonds. The van der Waals surface area contributed by atoms with Gasteiger partial charge in [-0.25, -0.2) is 0 Å². The molecule has 2 heterocycles. The van der Waals surface area contributed by atoms with Crippen molar-refractivity contribution in [1.29, 1.82) is 0 Å². The van der Waals surface area contributed by atoms with E-state index in [4.69, 9.17) is 0 Å². The van der Waals surface area contributed by atoms with Crippen LogP contribution in [-0.2, 0) is 12.8 Å². The number of likely N-dealkylation sites (tertiary alicyclic amines) is 1. The van der Waals surface area contributed by atoms with Crippen LogP contribution >= 0.6 is 11.3 Å². The van der Waals surface area contributed by atoms with Crippen molar-refractivity contribution in [2.24, 2.45) is 11.8 Å². The van der Waals surface area contributed by atoms with E-state index in [1.807, 2.05) is 4.90 Å². The number of rotatable bonds is 2. The second-order valence-electron chi connectivity index (χ2n) is 6.95. The summed E-state index contributed by atoms with van der Waals surface area (Å²) in [6, 6.07) is 2.10. The summed E-state index contributed by atoms with van der Waals surface area (Å²) in [4.78, 5) is 16.6. The highest BCUT2D eigenvalue weighted by atomic mass is 32.1. The number of aliphatic hydroxyl groups is 1. The predicted octanol–water partition coefficient (Wildman–Crippen LogP) is 2.47. The summed E-state index contributed by atoms with van der Waals surface area (Å²) in [5.41, 5.74) is 0.816. The number of carbonyl (C=O) groups excluding carboxylic acids is 1. The molecule has 1 unspecified atom stereocenters. The molecule has 20 heavy (non-hydrogen) atoms. The van der Waals surface area contributed by atoms with E-state index in [0.717, 1.165) is 36.5 Å². The van der Waals surface area contributed by atoms with E-state index in [9.17, 15) is 9.90 Å². The third kappa shape index (κ3) is 2.01. The molecule has 108 valence electrons. The molecule has 2 fully saturated rings. The maximum atomic E-state index is 12.5. The lowest BCUT2D eigenvalue weighted by atomic mass is 9.88. The number of fused-ring (bicyclic) bond motifs is 1. The summed E-state index contributed by atoms with van der Waals surface area (Å²) in [5, 5.41) is 10.3. The van der Waals surface area contributed by atoms with E-state index >= 15 is 0 Å². The number of amides is 1. The van der Waals surface area contributed by atoms with Crippen molar-refractivity contribution in [3.8, 4) is 0 Å². The molecule has 1 aromatic rings. The molecule has 0 radical (unpaired) electrons. The molecule has 1 aliphatic heterocycles. The Kier molecular flexibility index (Phi) is 2.77. The van der Waals surface area contributed by atoms with Crippen molar-refractivity contribution in [2.75, 3.05) is 13.1 Å². The number of aryl methyl sites for hydroxylation is 1. The van der Waals surface area contributed by atoms with Crippen LogP contribution in [0.3, 0.4) is 0 Å². The molecule has 3 aliphatic rings. The van der Waals surface area contributed by atoms with Gasteiger partial charge in [-0.15, -0.1) is 11.3 Å². The zero-order valence-electron chi connectivity index (χ0n) is 11.9. The van der Waals surface area contributed by atoms with Crippen LogP contribution in [0.15, 0.2) is 6.07 Å². The fourth-order valence-corrected chi connectivity index (χ4v) is 4.78. The second kappa shape index (κ2) is 4.31. The highest BCUT2D eigenvalue weighted by molar-refractivity contribution is 7.14. The van der Waals surface area contributed by atoms with Crippen molar-refractivity contribution < 1.29 is 9.90 Å². The highest BCUT2D eigenvalue weighted by Gasteiger charge is 2.53. The predicted molar refractivity (Wildman–Crippen MR) is 79.1 cm³/mol. The Morgan fingerprint density at radius 1 is 1.40 bits per heavy atom. The van der Waals surface area contributed by atoms with E-state index < -0.39 is 5.60 Å². The number of hydrogen-bond donors (Lipinski definition) is 1. The van der Waals surface area contributed by atoms with Crippen molar-refractivity contribution in [3.63, 3.8) is 0 Å². The Bertz CT molecular complexity index is 555. The fourth-order valence-electron chi connectivity index (χ4n) is 3.60. The van der Waals surface area contributed by atoms with Gasteiger partial charge in [-0.05, 0) is 55.6 Å². The summed E-state index contributed by atoms with van der Waals surface area (Å²) in [6.07, 6.45) is 5.74. The minimum absolute atomic E-state index is 0.127. The third-order valence-electron chi connectivity index (χ3n) is 5.09. The smallest absolute Gasteiger partial charge is 0.264 e. The summed E-state index contributed by atoms with van der Waals surface area (Å²) >= 11 is 1.67. The zero-order valence-corrected chi connectivity index (χ0v) is 12.7. The minimum Gasteiger partial charge on any atom is -0.386 e. The van der Waals surface area contributed by atoms with Crippen molar-refractivity contribution in [2.45, 2.75) is 44.6 Å². The first kappa shape index (κ1) is 12.8.